The van der Waals surface area contributed by atoms with Crippen LogP contribution in [0.15, 0.2) is 45.9 Å². The lowest BCUT2D eigenvalue weighted by molar-refractivity contribution is 0.286. The third-order valence-electron chi connectivity index (χ3n) is 3.06. The topological polar surface area (TPSA) is 40.0 Å². The van der Waals surface area contributed by atoms with E-state index in [4.69, 9.17) is 14.2 Å². The summed E-state index contributed by atoms with van der Waals surface area (Å²) in [4.78, 5) is 4.47. The fourth-order valence-corrected chi connectivity index (χ4v) is 2.60. The molecule has 2 aromatic rings. The van der Waals surface area contributed by atoms with Crippen molar-refractivity contribution in [1.82, 2.24) is 0 Å². The maximum Gasteiger partial charge on any atom is 0.175 e. The Morgan fingerprint density at radius 3 is 2.35 bits per heavy atom. The second-order valence-electron chi connectivity index (χ2n) is 4.65. The Balaban J connectivity index is 2.26. The summed E-state index contributed by atoms with van der Waals surface area (Å²) in [6, 6.07) is 11.5. The number of methoxy groups -OCH3 is 1. The zero-order valence-electron chi connectivity index (χ0n) is 13.5. The van der Waals surface area contributed by atoms with Crippen molar-refractivity contribution >= 4 is 27.8 Å². The van der Waals surface area contributed by atoms with Gasteiger partial charge < -0.3 is 14.2 Å². The van der Waals surface area contributed by atoms with E-state index in [0.29, 0.717) is 19.0 Å². The van der Waals surface area contributed by atoms with Gasteiger partial charge in [-0.25, -0.2) is 0 Å². The summed E-state index contributed by atoms with van der Waals surface area (Å²) in [6.07, 6.45) is 1.80. The maximum atomic E-state index is 5.66. The van der Waals surface area contributed by atoms with Gasteiger partial charge in [0.25, 0.3) is 0 Å². The van der Waals surface area contributed by atoms with E-state index in [1.54, 1.807) is 13.3 Å². The van der Waals surface area contributed by atoms with Gasteiger partial charge in [0.2, 0.25) is 0 Å². The largest absolute Gasteiger partial charge is 0.497 e. The third kappa shape index (κ3) is 4.73. The zero-order valence-corrected chi connectivity index (χ0v) is 15.1. The van der Waals surface area contributed by atoms with Crippen molar-refractivity contribution in [3.63, 3.8) is 0 Å². The molecule has 0 saturated heterocycles. The molecule has 0 atom stereocenters. The van der Waals surface area contributed by atoms with Gasteiger partial charge in [-0.2, -0.15) is 0 Å². The van der Waals surface area contributed by atoms with Gasteiger partial charge in [0, 0.05) is 6.21 Å². The van der Waals surface area contributed by atoms with Gasteiger partial charge in [0.15, 0.2) is 11.5 Å². The van der Waals surface area contributed by atoms with Crippen LogP contribution in [-0.2, 0) is 0 Å². The summed E-state index contributed by atoms with van der Waals surface area (Å²) >= 11 is 3.53. The molecule has 23 heavy (non-hydrogen) atoms. The first-order chi connectivity index (χ1) is 11.2. The fourth-order valence-electron chi connectivity index (χ4n) is 2.03. The maximum absolute atomic E-state index is 5.66. The first-order valence-electron chi connectivity index (χ1n) is 7.45. The van der Waals surface area contributed by atoms with E-state index in [9.17, 15) is 0 Å². The second-order valence-corrected chi connectivity index (χ2v) is 5.51. The van der Waals surface area contributed by atoms with Crippen LogP contribution in [-0.4, -0.2) is 26.5 Å². The molecule has 0 unspecified atom stereocenters. The zero-order chi connectivity index (χ0) is 16.7. The molecule has 0 aliphatic carbocycles. The summed E-state index contributed by atoms with van der Waals surface area (Å²) < 4.78 is 17.3. The highest BCUT2D eigenvalue weighted by atomic mass is 79.9. The van der Waals surface area contributed by atoms with Gasteiger partial charge in [-0.15, -0.1) is 0 Å². The number of rotatable bonds is 7. The molecule has 0 radical (unpaired) electrons. The molecular weight excluding hydrogens is 358 g/mol. The molecule has 122 valence electrons. The molecule has 0 aromatic heterocycles. The molecule has 0 aliphatic rings. The van der Waals surface area contributed by atoms with E-state index in [0.717, 1.165) is 27.2 Å². The quantitative estimate of drug-likeness (QED) is 0.636. The standard InChI is InChI=1S/C18H20BrNO3/c1-4-22-17-11-13(10-16(19)18(17)23-5-2)12-20-14-6-8-15(21-3)9-7-14/h6-12H,4-5H2,1-3H3. The van der Waals surface area contributed by atoms with Crippen LogP contribution in [0, 0.1) is 0 Å². The molecule has 0 amide bonds. The third-order valence-corrected chi connectivity index (χ3v) is 3.64. The van der Waals surface area contributed by atoms with Crippen molar-refractivity contribution in [2.75, 3.05) is 20.3 Å². The Morgan fingerprint density at radius 1 is 1.04 bits per heavy atom. The normalized spacial score (nSPS) is 10.8. The lowest BCUT2D eigenvalue weighted by Gasteiger charge is -2.13. The van der Waals surface area contributed by atoms with Gasteiger partial charge >= 0.3 is 0 Å². The molecule has 0 N–H and O–H groups in total. The number of hydrogen-bond acceptors (Lipinski definition) is 4. The Bertz CT molecular complexity index is 669. The van der Waals surface area contributed by atoms with E-state index in [1.807, 2.05) is 50.2 Å². The molecule has 0 spiro atoms. The molecule has 0 fully saturated rings. The summed E-state index contributed by atoms with van der Waals surface area (Å²) in [7, 11) is 1.64. The van der Waals surface area contributed by atoms with E-state index in [2.05, 4.69) is 20.9 Å². The number of hydrogen-bond donors (Lipinski definition) is 0. The van der Waals surface area contributed by atoms with Gasteiger partial charge in [0.1, 0.15) is 5.75 Å². The molecule has 2 aromatic carbocycles. The van der Waals surface area contributed by atoms with E-state index >= 15 is 0 Å². The highest BCUT2D eigenvalue weighted by Gasteiger charge is 2.11. The van der Waals surface area contributed by atoms with Gasteiger partial charge in [-0.3, -0.25) is 4.99 Å². The summed E-state index contributed by atoms with van der Waals surface area (Å²) in [5.41, 5.74) is 1.79. The monoisotopic (exact) mass is 377 g/mol. The molecule has 4 nitrogen and oxygen atoms in total. The minimum atomic E-state index is 0.575. The Kier molecular flexibility index (Phi) is 6.47. The number of ether oxygens (including phenoxy) is 3. The Labute approximate surface area is 145 Å². The van der Waals surface area contributed by atoms with Crippen LogP contribution < -0.4 is 14.2 Å². The highest BCUT2D eigenvalue weighted by molar-refractivity contribution is 9.10. The molecule has 0 saturated carbocycles. The van der Waals surface area contributed by atoms with Crippen molar-refractivity contribution < 1.29 is 14.2 Å². The first kappa shape index (κ1) is 17.3. The number of nitrogens with zero attached hydrogens (tertiary/aromatic N) is 1. The summed E-state index contributed by atoms with van der Waals surface area (Å²) in [6.45, 7) is 5.05. The fraction of sp³-hybridized carbons (Fsp3) is 0.278. The lowest BCUT2D eigenvalue weighted by atomic mass is 10.2. The van der Waals surface area contributed by atoms with Crippen LogP contribution in [0.25, 0.3) is 0 Å². The Morgan fingerprint density at radius 2 is 1.74 bits per heavy atom. The predicted octanol–water partition coefficient (Wildman–Crippen LogP) is 5.01. The minimum absolute atomic E-state index is 0.575. The van der Waals surface area contributed by atoms with Crippen LogP contribution >= 0.6 is 15.9 Å². The SMILES string of the molecule is CCOc1cc(C=Nc2ccc(OC)cc2)cc(Br)c1OCC. The van der Waals surface area contributed by atoms with Crippen molar-refractivity contribution in [2.24, 2.45) is 4.99 Å². The lowest BCUT2D eigenvalue weighted by Crippen LogP contribution is -2.00. The molecule has 5 heteroatoms. The van der Waals surface area contributed by atoms with Gasteiger partial charge in [-0.05, 0) is 71.7 Å². The molecule has 0 heterocycles. The number of aliphatic imine (C=N–C) groups is 1. The van der Waals surface area contributed by atoms with Crippen LogP contribution in [0.4, 0.5) is 5.69 Å². The van der Waals surface area contributed by atoms with Crippen LogP contribution in [0.2, 0.25) is 0 Å². The van der Waals surface area contributed by atoms with Crippen LogP contribution in [0.3, 0.4) is 0 Å². The van der Waals surface area contributed by atoms with Crippen LogP contribution in [0.5, 0.6) is 17.2 Å². The Hall–Kier alpha value is -2.01. The predicted molar refractivity (Wildman–Crippen MR) is 96.7 cm³/mol. The number of halogens is 1. The average Bonchev–Trinajstić information content (AvgIpc) is 2.57. The van der Waals surface area contributed by atoms with Crippen molar-refractivity contribution in [2.45, 2.75) is 13.8 Å². The number of benzene rings is 2. The van der Waals surface area contributed by atoms with Gasteiger partial charge in [0.05, 0.1) is 30.5 Å². The average molecular weight is 378 g/mol. The van der Waals surface area contributed by atoms with Crippen molar-refractivity contribution in [3.05, 3.63) is 46.4 Å². The summed E-state index contributed by atoms with van der Waals surface area (Å²) in [5, 5.41) is 0. The van der Waals surface area contributed by atoms with Gasteiger partial charge in [-0.1, -0.05) is 0 Å². The molecule has 0 aliphatic heterocycles. The van der Waals surface area contributed by atoms with Crippen molar-refractivity contribution in [3.8, 4) is 17.2 Å². The molecular formula is C18H20BrNO3. The summed E-state index contributed by atoms with van der Waals surface area (Å²) in [5.74, 6) is 2.24. The molecule has 2 rings (SSSR count). The van der Waals surface area contributed by atoms with E-state index < -0.39 is 0 Å². The van der Waals surface area contributed by atoms with E-state index in [1.165, 1.54) is 0 Å². The second kappa shape index (κ2) is 8.58. The van der Waals surface area contributed by atoms with Crippen LogP contribution in [0.1, 0.15) is 19.4 Å². The van der Waals surface area contributed by atoms with Crippen molar-refractivity contribution in [1.29, 1.82) is 0 Å². The smallest absolute Gasteiger partial charge is 0.175 e. The highest BCUT2D eigenvalue weighted by Crippen LogP contribution is 2.36. The first-order valence-corrected chi connectivity index (χ1v) is 8.24. The minimum Gasteiger partial charge on any atom is -0.497 e. The molecule has 0 bridgehead atoms. The van der Waals surface area contributed by atoms with E-state index in [-0.39, 0.29) is 0 Å².